The molecule has 1 aliphatic rings. The molecule has 0 N–H and O–H groups in total. The molecule has 2 rings (SSSR count). The van der Waals surface area contributed by atoms with Crippen molar-refractivity contribution >= 4 is 11.7 Å². The van der Waals surface area contributed by atoms with Crippen molar-refractivity contribution in [3.05, 3.63) is 35.4 Å². The number of likely N-dealkylation sites (tertiary alicyclic amines) is 1. The molecule has 0 aliphatic carbocycles. The smallest absolute Gasteiger partial charge is 0.254 e. The first-order chi connectivity index (χ1) is 8.09. The normalized spacial score (nSPS) is 19.4. The molecule has 1 aromatic rings. The molecule has 0 bridgehead atoms. The Morgan fingerprint density at radius 3 is 2.59 bits per heavy atom. The third-order valence-corrected chi connectivity index (χ3v) is 3.33. The predicted molar refractivity (Wildman–Crippen MR) is 66.2 cm³/mol. The molecule has 1 heterocycles. The Kier molecular flexibility index (Phi) is 3.27. The van der Waals surface area contributed by atoms with Crippen LogP contribution in [0, 0.1) is 0 Å². The van der Waals surface area contributed by atoms with Crippen LogP contribution in [0.3, 0.4) is 0 Å². The van der Waals surface area contributed by atoms with Gasteiger partial charge in [0.05, 0.1) is 0 Å². The molecule has 1 saturated heterocycles. The lowest BCUT2D eigenvalue weighted by Gasteiger charge is -2.21. The summed E-state index contributed by atoms with van der Waals surface area (Å²) in [5.74, 6) is 0.0345. The highest BCUT2D eigenvalue weighted by Gasteiger charge is 2.26. The van der Waals surface area contributed by atoms with Gasteiger partial charge in [-0.1, -0.05) is 12.1 Å². The van der Waals surface area contributed by atoms with Gasteiger partial charge in [0.15, 0.2) is 5.78 Å². The Labute approximate surface area is 101 Å². The molecule has 1 aromatic carbocycles. The molecule has 17 heavy (non-hydrogen) atoms. The SMILES string of the molecule is CC(=O)c1cccc(C(=O)N2CCCC2C)c1. The lowest BCUT2D eigenvalue weighted by atomic mass is 10.1. The molecule has 1 fully saturated rings. The van der Waals surface area contributed by atoms with Crippen molar-refractivity contribution < 1.29 is 9.59 Å². The van der Waals surface area contributed by atoms with Gasteiger partial charge in [0, 0.05) is 23.7 Å². The third-order valence-electron chi connectivity index (χ3n) is 3.33. The van der Waals surface area contributed by atoms with Crippen molar-refractivity contribution in [1.29, 1.82) is 0 Å². The van der Waals surface area contributed by atoms with Gasteiger partial charge in [-0.2, -0.15) is 0 Å². The van der Waals surface area contributed by atoms with Crippen molar-refractivity contribution in [3.63, 3.8) is 0 Å². The van der Waals surface area contributed by atoms with Gasteiger partial charge >= 0.3 is 0 Å². The highest BCUT2D eigenvalue weighted by Crippen LogP contribution is 2.20. The number of amides is 1. The topological polar surface area (TPSA) is 37.4 Å². The predicted octanol–water partition coefficient (Wildman–Crippen LogP) is 2.51. The van der Waals surface area contributed by atoms with Crippen LogP contribution in [-0.4, -0.2) is 29.2 Å². The number of carbonyl (C=O) groups is 2. The summed E-state index contributed by atoms with van der Waals surface area (Å²) in [6.45, 7) is 4.41. The van der Waals surface area contributed by atoms with Gasteiger partial charge in [0.2, 0.25) is 0 Å². The van der Waals surface area contributed by atoms with E-state index in [0.717, 1.165) is 19.4 Å². The van der Waals surface area contributed by atoms with Gasteiger partial charge in [0.25, 0.3) is 5.91 Å². The summed E-state index contributed by atoms with van der Waals surface area (Å²) in [4.78, 5) is 25.4. The number of nitrogens with zero attached hydrogens (tertiary/aromatic N) is 1. The molecule has 1 amide bonds. The monoisotopic (exact) mass is 231 g/mol. The second-order valence-corrected chi connectivity index (χ2v) is 4.63. The van der Waals surface area contributed by atoms with E-state index in [1.165, 1.54) is 6.92 Å². The molecular weight excluding hydrogens is 214 g/mol. The van der Waals surface area contributed by atoms with Gasteiger partial charge in [-0.05, 0) is 38.8 Å². The Bertz CT molecular complexity index is 453. The number of ketones is 1. The lowest BCUT2D eigenvalue weighted by molar-refractivity contribution is 0.0747. The van der Waals surface area contributed by atoms with Crippen molar-refractivity contribution in [2.75, 3.05) is 6.54 Å². The second kappa shape index (κ2) is 4.70. The molecule has 3 heteroatoms. The van der Waals surface area contributed by atoms with E-state index < -0.39 is 0 Å². The molecule has 1 atom stereocenters. The van der Waals surface area contributed by atoms with Crippen LogP contribution < -0.4 is 0 Å². The zero-order valence-electron chi connectivity index (χ0n) is 10.3. The molecule has 3 nitrogen and oxygen atoms in total. The summed E-state index contributed by atoms with van der Waals surface area (Å²) in [6, 6.07) is 7.29. The fourth-order valence-corrected chi connectivity index (χ4v) is 2.27. The Morgan fingerprint density at radius 2 is 2.00 bits per heavy atom. The molecule has 90 valence electrons. The second-order valence-electron chi connectivity index (χ2n) is 4.63. The molecule has 0 radical (unpaired) electrons. The first kappa shape index (κ1) is 11.8. The fourth-order valence-electron chi connectivity index (χ4n) is 2.27. The minimum absolute atomic E-state index is 0.00544. The average Bonchev–Trinajstić information content (AvgIpc) is 2.74. The van der Waals surface area contributed by atoms with Gasteiger partial charge in [-0.3, -0.25) is 9.59 Å². The lowest BCUT2D eigenvalue weighted by Crippen LogP contribution is -2.33. The zero-order chi connectivity index (χ0) is 12.4. The van der Waals surface area contributed by atoms with Crippen LogP contribution >= 0.6 is 0 Å². The molecule has 1 unspecified atom stereocenters. The van der Waals surface area contributed by atoms with Crippen LogP contribution in [0.15, 0.2) is 24.3 Å². The third kappa shape index (κ3) is 2.38. The van der Waals surface area contributed by atoms with Crippen molar-refractivity contribution in [1.82, 2.24) is 4.90 Å². The van der Waals surface area contributed by atoms with Crippen LogP contribution in [0.5, 0.6) is 0 Å². The number of hydrogen-bond donors (Lipinski definition) is 0. The summed E-state index contributed by atoms with van der Waals surface area (Å²) in [6.07, 6.45) is 2.14. The van der Waals surface area contributed by atoms with Crippen molar-refractivity contribution in [2.45, 2.75) is 32.7 Å². The number of rotatable bonds is 2. The van der Waals surface area contributed by atoms with E-state index in [9.17, 15) is 9.59 Å². The van der Waals surface area contributed by atoms with Crippen LogP contribution in [0.4, 0.5) is 0 Å². The number of carbonyl (C=O) groups excluding carboxylic acids is 2. The van der Waals surface area contributed by atoms with Crippen molar-refractivity contribution in [2.24, 2.45) is 0 Å². The molecule has 0 saturated carbocycles. The maximum atomic E-state index is 12.2. The Morgan fingerprint density at radius 1 is 1.29 bits per heavy atom. The summed E-state index contributed by atoms with van der Waals surface area (Å²) in [5, 5.41) is 0. The number of benzene rings is 1. The van der Waals surface area contributed by atoms with Crippen LogP contribution in [0.25, 0.3) is 0 Å². The molecule has 1 aliphatic heterocycles. The zero-order valence-corrected chi connectivity index (χ0v) is 10.3. The minimum Gasteiger partial charge on any atom is -0.336 e. The average molecular weight is 231 g/mol. The van der Waals surface area contributed by atoms with Gasteiger partial charge in [-0.15, -0.1) is 0 Å². The standard InChI is InChI=1S/C14H17NO2/c1-10-5-4-8-15(10)14(17)13-7-3-6-12(9-13)11(2)16/h3,6-7,9-10H,4-5,8H2,1-2H3. The van der Waals surface area contributed by atoms with E-state index in [-0.39, 0.29) is 11.7 Å². The first-order valence-electron chi connectivity index (χ1n) is 6.01. The largest absolute Gasteiger partial charge is 0.336 e. The Balaban J connectivity index is 2.24. The maximum Gasteiger partial charge on any atom is 0.254 e. The first-order valence-corrected chi connectivity index (χ1v) is 6.01. The molecule has 0 aromatic heterocycles. The van der Waals surface area contributed by atoms with Gasteiger partial charge < -0.3 is 4.90 Å². The van der Waals surface area contributed by atoms with E-state index in [2.05, 4.69) is 6.92 Å². The fraction of sp³-hybridized carbons (Fsp3) is 0.429. The van der Waals surface area contributed by atoms with Crippen LogP contribution in [0.1, 0.15) is 47.4 Å². The number of hydrogen-bond acceptors (Lipinski definition) is 2. The summed E-state index contributed by atoms with van der Waals surface area (Å²) >= 11 is 0. The highest BCUT2D eigenvalue weighted by atomic mass is 16.2. The van der Waals surface area contributed by atoms with Gasteiger partial charge in [0.1, 0.15) is 0 Å². The van der Waals surface area contributed by atoms with E-state index >= 15 is 0 Å². The van der Waals surface area contributed by atoms with E-state index in [4.69, 9.17) is 0 Å². The van der Waals surface area contributed by atoms with Crippen LogP contribution in [-0.2, 0) is 0 Å². The summed E-state index contributed by atoms with van der Waals surface area (Å²) in [7, 11) is 0. The highest BCUT2D eigenvalue weighted by molar-refractivity contribution is 5.99. The summed E-state index contributed by atoms with van der Waals surface area (Å²) < 4.78 is 0. The quantitative estimate of drug-likeness (QED) is 0.733. The van der Waals surface area contributed by atoms with E-state index in [1.54, 1.807) is 24.3 Å². The minimum atomic E-state index is -0.00544. The molecular formula is C14H17NO2. The van der Waals surface area contributed by atoms with Gasteiger partial charge in [-0.25, -0.2) is 0 Å². The maximum absolute atomic E-state index is 12.2. The van der Waals surface area contributed by atoms with E-state index in [1.807, 2.05) is 4.90 Å². The Hall–Kier alpha value is -1.64. The number of Topliss-reactive ketones (excluding diaryl/α,β-unsaturated/α-hetero) is 1. The van der Waals surface area contributed by atoms with E-state index in [0.29, 0.717) is 17.2 Å². The molecule has 0 spiro atoms. The summed E-state index contributed by atoms with van der Waals surface area (Å²) in [5.41, 5.74) is 1.22. The van der Waals surface area contributed by atoms with Crippen LogP contribution in [0.2, 0.25) is 0 Å². The van der Waals surface area contributed by atoms with Crippen molar-refractivity contribution in [3.8, 4) is 0 Å².